The van der Waals surface area contributed by atoms with E-state index in [0.29, 0.717) is 28.1 Å². The minimum atomic E-state index is -3.90. The van der Waals surface area contributed by atoms with E-state index in [1.807, 2.05) is 27.7 Å². The Balaban J connectivity index is 2.07. The molecule has 0 saturated heterocycles. The monoisotopic (exact) mass is 473 g/mol. The van der Waals surface area contributed by atoms with Gasteiger partial charge in [-0.05, 0) is 57.5 Å². The van der Waals surface area contributed by atoms with Crippen LogP contribution >= 0.6 is 0 Å². The Labute approximate surface area is 195 Å². The number of nitrogens with zero attached hydrogens (tertiary/aromatic N) is 3. The molecule has 0 spiro atoms. The second-order valence-electron chi connectivity index (χ2n) is 8.44. The molecule has 0 radical (unpaired) electrons. The van der Waals surface area contributed by atoms with E-state index in [-0.39, 0.29) is 35.4 Å². The molecular formula is C24H31N3O5S. The zero-order chi connectivity index (χ0) is 24.3. The number of fused-ring (bicyclic) bond motifs is 1. The number of amides is 1. The van der Waals surface area contributed by atoms with Crippen molar-refractivity contribution in [2.24, 2.45) is 0 Å². The van der Waals surface area contributed by atoms with Crippen LogP contribution in [0.5, 0.6) is 11.5 Å². The highest BCUT2D eigenvalue weighted by molar-refractivity contribution is 7.90. The quantitative estimate of drug-likeness (QED) is 0.471. The van der Waals surface area contributed by atoms with Crippen LogP contribution in [0.4, 0.5) is 0 Å². The number of hydrogen-bond acceptors (Lipinski definition) is 6. The standard InChI is InChI=1S/C24H31N3O5S/c1-16(2)27(17(3)4)23(28)14-26-22-10-8-7-9-21(22)25-24(26)33(29,30)15-18-11-19(31-5)13-20(12-18)32-6/h7-13,16-17H,14-15H2,1-6H3. The molecule has 178 valence electrons. The van der Waals surface area contributed by atoms with Crippen LogP contribution in [0.25, 0.3) is 11.0 Å². The number of imidazole rings is 1. The SMILES string of the molecule is COc1cc(CS(=O)(=O)c2nc3ccccc3n2CC(=O)N(C(C)C)C(C)C)cc(OC)c1. The Kier molecular flexibility index (Phi) is 7.31. The highest BCUT2D eigenvalue weighted by Crippen LogP contribution is 2.27. The van der Waals surface area contributed by atoms with Gasteiger partial charge >= 0.3 is 0 Å². The van der Waals surface area contributed by atoms with Crippen molar-refractivity contribution in [3.05, 3.63) is 48.0 Å². The molecule has 0 N–H and O–H groups in total. The Bertz CT molecular complexity index is 1220. The first-order valence-electron chi connectivity index (χ1n) is 10.8. The van der Waals surface area contributed by atoms with E-state index in [0.717, 1.165) is 0 Å². The van der Waals surface area contributed by atoms with E-state index in [1.54, 1.807) is 47.4 Å². The van der Waals surface area contributed by atoms with Crippen LogP contribution in [-0.4, -0.2) is 55.1 Å². The number of ether oxygens (including phenoxy) is 2. The molecule has 3 rings (SSSR count). The van der Waals surface area contributed by atoms with Gasteiger partial charge in [0.1, 0.15) is 18.0 Å². The Morgan fingerprint density at radius 2 is 1.58 bits per heavy atom. The lowest BCUT2D eigenvalue weighted by atomic mass is 10.2. The van der Waals surface area contributed by atoms with Crippen molar-refractivity contribution in [2.75, 3.05) is 14.2 Å². The molecule has 1 heterocycles. The first kappa shape index (κ1) is 24.6. The van der Waals surface area contributed by atoms with Crippen LogP contribution < -0.4 is 9.47 Å². The third-order valence-corrected chi connectivity index (χ3v) is 6.94. The molecule has 3 aromatic rings. The van der Waals surface area contributed by atoms with E-state index < -0.39 is 9.84 Å². The predicted molar refractivity (Wildman–Crippen MR) is 127 cm³/mol. The Hall–Kier alpha value is -3.07. The summed E-state index contributed by atoms with van der Waals surface area (Å²) < 4.78 is 39.1. The van der Waals surface area contributed by atoms with Crippen LogP contribution in [-0.2, 0) is 26.9 Å². The maximum absolute atomic E-state index is 13.5. The number of hydrogen-bond donors (Lipinski definition) is 0. The number of para-hydroxylation sites is 2. The number of methoxy groups -OCH3 is 2. The molecule has 2 aromatic carbocycles. The van der Waals surface area contributed by atoms with Crippen LogP contribution in [0.2, 0.25) is 0 Å². The number of benzene rings is 2. The lowest BCUT2D eigenvalue weighted by Crippen LogP contribution is -2.44. The highest BCUT2D eigenvalue weighted by atomic mass is 32.2. The maximum Gasteiger partial charge on any atom is 0.243 e. The summed E-state index contributed by atoms with van der Waals surface area (Å²) in [7, 11) is -0.883. The fourth-order valence-electron chi connectivity index (χ4n) is 4.07. The molecule has 1 amide bonds. The van der Waals surface area contributed by atoms with Gasteiger partial charge in [-0.2, -0.15) is 0 Å². The smallest absolute Gasteiger partial charge is 0.243 e. The van der Waals surface area contributed by atoms with Gasteiger partial charge in [0.25, 0.3) is 0 Å². The zero-order valence-electron chi connectivity index (χ0n) is 19.9. The topological polar surface area (TPSA) is 90.7 Å². The summed E-state index contributed by atoms with van der Waals surface area (Å²) in [4.78, 5) is 19.3. The van der Waals surface area contributed by atoms with E-state index in [2.05, 4.69) is 4.98 Å². The molecule has 33 heavy (non-hydrogen) atoms. The van der Waals surface area contributed by atoms with Crippen molar-refractivity contribution >= 4 is 26.8 Å². The second-order valence-corrected chi connectivity index (χ2v) is 10.3. The van der Waals surface area contributed by atoms with E-state index in [9.17, 15) is 13.2 Å². The summed E-state index contributed by atoms with van der Waals surface area (Å²) in [5, 5.41) is -0.133. The van der Waals surface area contributed by atoms with Crippen LogP contribution in [0.15, 0.2) is 47.6 Å². The van der Waals surface area contributed by atoms with Crippen LogP contribution in [0, 0.1) is 0 Å². The van der Waals surface area contributed by atoms with Gasteiger partial charge in [0.2, 0.25) is 20.9 Å². The number of carbonyl (C=O) groups is 1. The van der Waals surface area contributed by atoms with Crippen LogP contribution in [0.1, 0.15) is 33.3 Å². The molecule has 0 bridgehead atoms. The molecule has 8 nitrogen and oxygen atoms in total. The van der Waals surface area contributed by atoms with Gasteiger partial charge < -0.3 is 18.9 Å². The highest BCUT2D eigenvalue weighted by Gasteiger charge is 2.28. The Morgan fingerprint density at radius 3 is 2.12 bits per heavy atom. The van der Waals surface area contributed by atoms with Gasteiger partial charge in [-0.3, -0.25) is 4.79 Å². The minimum absolute atomic E-state index is 0.0170. The number of aromatic nitrogens is 2. The van der Waals surface area contributed by atoms with Crippen molar-refractivity contribution in [3.8, 4) is 11.5 Å². The van der Waals surface area contributed by atoms with Gasteiger partial charge in [-0.25, -0.2) is 13.4 Å². The largest absolute Gasteiger partial charge is 0.497 e. The molecule has 0 unspecified atom stereocenters. The molecule has 9 heteroatoms. The van der Waals surface area contributed by atoms with Gasteiger partial charge in [0.05, 0.1) is 31.0 Å². The summed E-state index contributed by atoms with van der Waals surface area (Å²) in [5.41, 5.74) is 1.62. The molecular weight excluding hydrogens is 442 g/mol. The van der Waals surface area contributed by atoms with Gasteiger partial charge in [0.15, 0.2) is 0 Å². The van der Waals surface area contributed by atoms with Crippen molar-refractivity contribution in [2.45, 2.75) is 57.2 Å². The molecule has 0 fully saturated rings. The second kappa shape index (κ2) is 9.82. The number of carbonyl (C=O) groups excluding carboxylic acids is 1. The first-order valence-corrected chi connectivity index (χ1v) is 12.4. The Morgan fingerprint density at radius 1 is 1.00 bits per heavy atom. The lowest BCUT2D eigenvalue weighted by molar-refractivity contribution is -0.135. The third-order valence-electron chi connectivity index (χ3n) is 5.36. The molecule has 0 aliphatic rings. The molecule has 0 atom stereocenters. The zero-order valence-corrected chi connectivity index (χ0v) is 20.7. The molecule has 0 saturated carbocycles. The predicted octanol–water partition coefficient (Wildman–Crippen LogP) is 3.67. The average Bonchev–Trinajstić information content (AvgIpc) is 3.12. The van der Waals surface area contributed by atoms with Crippen molar-refractivity contribution in [1.29, 1.82) is 0 Å². The van der Waals surface area contributed by atoms with E-state index >= 15 is 0 Å². The molecule has 0 aliphatic heterocycles. The van der Waals surface area contributed by atoms with Crippen molar-refractivity contribution in [3.63, 3.8) is 0 Å². The normalized spacial score (nSPS) is 11.9. The fraction of sp³-hybridized carbons (Fsp3) is 0.417. The molecule has 0 aliphatic carbocycles. The number of rotatable bonds is 9. The lowest BCUT2D eigenvalue weighted by Gasteiger charge is -2.31. The first-order chi connectivity index (χ1) is 15.6. The van der Waals surface area contributed by atoms with Crippen molar-refractivity contribution in [1.82, 2.24) is 14.5 Å². The molecule has 1 aromatic heterocycles. The average molecular weight is 474 g/mol. The third kappa shape index (κ3) is 5.30. The summed E-state index contributed by atoms with van der Waals surface area (Å²) >= 11 is 0. The van der Waals surface area contributed by atoms with Crippen molar-refractivity contribution < 1.29 is 22.7 Å². The van der Waals surface area contributed by atoms with Crippen LogP contribution in [0.3, 0.4) is 0 Å². The summed E-state index contributed by atoms with van der Waals surface area (Å²) in [6, 6.07) is 12.1. The van der Waals surface area contributed by atoms with E-state index in [1.165, 1.54) is 18.8 Å². The van der Waals surface area contributed by atoms with Gasteiger partial charge in [0, 0.05) is 18.2 Å². The van der Waals surface area contributed by atoms with Gasteiger partial charge in [-0.15, -0.1) is 0 Å². The summed E-state index contributed by atoms with van der Waals surface area (Å²) in [6.45, 7) is 7.65. The number of sulfone groups is 1. The fourth-order valence-corrected chi connectivity index (χ4v) is 5.54. The summed E-state index contributed by atoms with van der Waals surface area (Å²) in [6.07, 6.45) is 0. The van der Waals surface area contributed by atoms with Gasteiger partial charge in [-0.1, -0.05) is 12.1 Å². The minimum Gasteiger partial charge on any atom is -0.497 e. The summed E-state index contributed by atoms with van der Waals surface area (Å²) in [5.74, 6) is 0.513. The maximum atomic E-state index is 13.5. The van der Waals surface area contributed by atoms with E-state index in [4.69, 9.17) is 9.47 Å².